The number of rotatable bonds is 3. The molecule has 0 amide bonds. The number of alkyl halides is 1. The van der Waals surface area contributed by atoms with E-state index < -0.39 is 0 Å². The van der Waals surface area contributed by atoms with E-state index >= 15 is 0 Å². The molecule has 1 nitrogen and oxygen atoms in total. The number of hydrogen-bond donors (Lipinski definition) is 0. The van der Waals surface area contributed by atoms with Crippen LogP contribution in [-0.4, -0.2) is 12.0 Å². The molecule has 0 bridgehead atoms. The zero-order valence-corrected chi connectivity index (χ0v) is 12.5. The number of benzene rings is 1. The molecule has 1 aliphatic carbocycles. The van der Waals surface area contributed by atoms with Crippen molar-refractivity contribution >= 4 is 11.6 Å². The summed E-state index contributed by atoms with van der Waals surface area (Å²) in [6.45, 7) is 2.27. The Kier molecular flexibility index (Phi) is 5.73. The lowest BCUT2D eigenvalue weighted by molar-refractivity contribution is 0.135. The fourth-order valence-electron chi connectivity index (χ4n) is 2.45. The first kappa shape index (κ1) is 15.2. The minimum absolute atomic E-state index is 0.205. The molecule has 1 fully saturated rings. The van der Waals surface area contributed by atoms with E-state index in [2.05, 4.69) is 18.8 Å². The summed E-state index contributed by atoms with van der Waals surface area (Å²) in [7, 11) is 0. The minimum Gasteiger partial charge on any atom is -0.490 e. The van der Waals surface area contributed by atoms with Gasteiger partial charge in [0.1, 0.15) is 11.6 Å². The monoisotopic (exact) mass is 294 g/mol. The Labute approximate surface area is 125 Å². The Balaban J connectivity index is 2.02. The van der Waals surface area contributed by atoms with Crippen LogP contribution in [0, 0.1) is 23.6 Å². The molecule has 1 aromatic rings. The van der Waals surface area contributed by atoms with E-state index in [1.807, 2.05) is 6.07 Å². The van der Waals surface area contributed by atoms with Crippen molar-refractivity contribution in [3.63, 3.8) is 0 Å². The van der Waals surface area contributed by atoms with E-state index in [0.29, 0.717) is 23.6 Å². The third kappa shape index (κ3) is 4.72. The highest BCUT2D eigenvalue weighted by Crippen LogP contribution is 2.27. The summed E-state index contributed by atoms with van der Waals surface area (Å²) < 4.78 is 19.5. The summed E-state index contributed by atoms with van der Waals surface area (Å²) in [6, 6.07) is 4.67. The van der Waals surface area contributed by atoms with Crippen LogP contribution in [0.15, 0.2) is 18.2 Å². The van der Waals surface area contributed by atoms with E-state index in [0.717, 1.165) is 18.8 Å². The van der Waals surface area contributed by atoms with Crippen LogP contribution in [0.2, 0.25) is 0 Å². The van der Waals surface area contributed by atoms with Gasteiger partial charge in [-0.2, -0.15) is 0 Å². The molecule has 1 aliphatic rings. The van der Waals surface area contributed by atoms with E-state index in [9.17, 15) is 4.39 Å². The average molecular weight is 295 g/mol. The Morgan fingerprint density at radius 2 is 2.00 bits per heavy atom. The van der Waals surface area contributed by atoms with Gasteiger partial charge in [0.15, 0.2) is 0 Å². The van der Waals surface area contributed by atoms with Crippen LogP contribution in [-0.2, 0) is 0 Å². The molecule has 1 saturated carbocycles. The van der Waals surface area contributed by atoms with Crippen molar-refractivity contribution in [2.75, 3.05) is 5.88 Å². The van der Waals surface area contributed by atoms with Crippen molar-refractivity contribution in [1.29, 1.82) is 0 Å². The Hall–Kier alpha value is -1.20. The van der Waals surface area contributed by atoms with E-state index in [-0.39, 0.29) is 11.9 Å². The molecule has 0 unspecified atom stereocenters. The van der Waals surface area contributed by atoms with Crippen LogP contribution in [0.1, 0.15) is 44.6 Å². The van der Waals surface area contributed by atoms with Crippen LogP contribution in [0.3, 0.4) is 0 Å². The van der Waals surface area contributed by atoms with E-state index in [1.165, 1.54) is 25.0 Å². The van der Waals surface area contributed by atoms with Gasteiger partial charge < -0.3 is 4.74 Å². The lowest BCUT2D eigenvalue weighted by Crippen LogP contribution is -2.23. The largest absolute Gasteiger partial charge is 0.490 e. The van der Waals surface area contributed by atoms with Crippen LogP contribution in [0.25, 0.3) is 0 Å². The van der Waals surface area contributed by atoms with Crippen molar-refractivity contribution in [3.05, 3.63) is 29.6 Å². The van der Waals surface area contributed by atoms with Crippen LogP contribution in [0.5, 0.6) is 5.75 Å². The van der Waals surface area contributed by atoms with Gasteiger partial charge in [-0.3, -0.25) is 0 Å². The first-order chi connectivity index (χ1) is 9.67. The highest BCUT2D eigenvalue weighted by atomic mass is 35.5. The predicted molar refractivity (Wildman–Crippen MR) is 80.7 cm³/mol. The Morgan fingerprint density at radius 1 is 1.25 bits per heavy atom. The van der Waals surface area contributed by atoms with Crippen LogP contribution >= 0.6 is 11.6 Å². The van der Waals surface area contributed by atoms with E-state index in [1.54, 1.807) is 0 Å². The maximum Gasteiger partial charge on any atom is 0.128 e. The first-order valence-electron chi connectivity index (χ1n) is 7.19. The fraction of sp³-hybridized carbons (Fsp3) is 0.529. The fourth-order valence-corrected chi connectivity index (χ4v) is 2.55. The van der Waals surface area contributed by atoms with Crippen molar-refractivity contribution in [1.82, 2.24) is 0 Å². The van der Waals surface area contributed by atoms with Gasteiger partial charge in [-0.15, -0.1) is 11.6 Å². The topological polar surface area (TPSA) is 9.23 Å². The molecule has 0 radical (unpaired) electrons. The smallest absolute Gasteiger partial charge is 0.128 e. The summed E-state index contributed by atoms with van der Waals surface area (Å²) in [5.41, 5.74) is 0.647. The van der Waals surface area contributed by atoms with Gasteiger partial charge in [-0.1, -0.05) is 18.8 Å². The van der Waals surface area contributed by atoms with Gasteiger partial charge in [0.05, 0.1) is 6.10 Å². The number of ether oxygens (including phenoxy) is 1. The van der Waals surface area contributed by atoms with E-state index in [4.69, 9.17) is 16.3 Å². The molecule has 3 heteroatoms. The molecule has 0 atom stereocenters. The molecule has 20 heavy (non-hydrogen) atoms. The SMILES string of the molecule is CC1CCC(Oc2cc(F)cc(C#CCCCl)c2)CC1. The molecule has 0 heterocycles. The highest BCUT2D eigenvalue weighted by molar-refractivity contribution is 6.18. The van der Waals surface area contributed by atoms with Gasteiger partial charge in [0, 0.05) is 23.9 Å². The Bertz CT molecular complexity index is 495. The third-order valence-corrected chi connectivity index (χ3v) is 3.78. The quantitative estimate of drug-likeness (QED) is 0.577. The molecule has 108 valence electrons. The van der Waals surface area contributed by atoms with Crippen molar-refractivity contribution in [2.24, 2.45) is 5.92 Å². The summed E-state index contributed by atoms with van der Waals surface area (Å²) in [5.74, 6) is 7.38. The van der Waals surface area contributed by atoms with Crippen molar-refractivity contribution < 1.29 is 9.13 Å². The summed E-state index contributed by atoms with van der Waals surface area (Å²) >= 11 is 5.57. The summed E-state index contributed by atoms with van der Waals surface area (Å²) in [5, 5.41) is 0. The van der Waals surface area contributed by atoms with Crippen molar-refractivity contribution in [3.8, 4) is 17.6 Å². The van der Waals surface area contributed by atoms with Gasteiger partial charge in [-0.25, -0.2) is 4.39 Å². The molecule has 0 aromatic heterocycles. The minimum atomic E-state index is -0.304. The van der Waals surface area contributed by atoms with Crippen LogP contribution in [0.4, 0.5) is 4.39 Å². The maximum absolute atomic E-state index is 13.6. The second-order valence-corrected chi connectivity index (χ2v) is 5.79. The molecule has 1 aromatic carbocycles. The van der Waals surface area contributed by atoms with Crippen molar-refractivity contribution in [2.45, 2.75) is 45.1 Å². The summed E-state index contributed by atoms with van der Waals surface area (Å²) in [6.07, 6.45) is 5.27. The molecular formula is C17H20ClFO. The standard InChI is InChI=1S/C17H20ClFO/c1-13-5-7-16(8-6-13)20-17-11-14(4-2-3-9-18)10-15(19)12-17/h10-13,16H,3,5-9H2,1H3. The first-order valence-corrected chi connectivity index (χ1v) is 7.73. The molecule has 2 rings (SSSR count). The maximum atomic E-state index is 13.6. The number of hydrogen-bond acceptors (Lipinski definition) is 1. The van der Waals surface area contributed by atoms with Gasteiger partial charge >= 0.3 is 0 Å². The second kappa shape index (κ2) is 7.55. The lowest BCUT2D eigenvalue weighted by Gasteiger charge is -2.26. The Morgan fingerprint density at radius 3 is 2.70 bits per heavy atom. The average Bonchev–Trinajstić information content (AvgIpc) is 2.41. The molecule has 0 saturated heterocycles. The molecular weight excluding hydrogens is 275 g/mol. The predicted octanol–water partition coefficient (Wildman–Crippen LogP) is 4.76. The second-order valence-electron chi connectivity index (χ2n) is 5.42. The highest BCUT2D eigenvalue weighted by Gasteiger charge is 2.19. The third-order valence-electron chi connectivity index (χ3n) is 3.59. The van der Waals surface area contributed by atoms with Gasteiger partial charge in [0.25, 0.3) is 0 Å². The van der Waals surface area contributed by atoms with Crippen LogP contribution < -0.4 is 4.74 Å². The molecule has 0 aliphatic heterocycles. The van der Waals surface area contributed by atoms with Gasteiger partial charge in [0.2, 0.25) is 0 Å². The normalized spacial score (nSPS) is 21.9. The molecule has 0 N–H and O–H groups in total. The van der Waals surface area contributed by atoms with Gasteiger partial charge in [-0.05, 0) is 43.7 Å². The zero-order valence-electron chi connectivity index (χ0n) is 11.8. The zero-order chi connectivity index (χ0) is 14.4. The lowest BCUT2D eigenvalue weighted by atomic mass is 9.89. The number of halogens is 2. The molecule has 0 spiro atoms. The summed E-state index contributed by atoms with van der Waals surface area (Å²) in [4.78, 5) is 0.